The van der Waals surface area contributed by atoms with Crippen LogP contribution in [-0.2, 0) is 19.7 Å². The first kappa shape index (κ1) is 15.0. The Morgan fingerprint density at radius 3 is 1.71 bits per heavy atom. The van der Waals surface area contributed by atoms with Crippen molar-refractivity contribution < 1.29 is 16.8 Å². The van der Waals surface area contributed by atoms with E-state index >= 15 is 0 Å². The third kappa shape index (κ3) is 3.03. The van der Waals surface area contributed by atoms with Gasteiger partial charge >= 0.3 is 0 Å². The molecule has 5 nitrogen and oxygen atoms in total. The molecule has 1 heterocycles. The summed E-state index contributed by atoms with van der Waals surface area (Å²) in [6.07, 6.45) is 1.67. The van der Waals surface area contributed by atoms with Crippen LogP contribution < -0.4 is 0 Å². The number of sulfone groups is 2. The van der Waals surface area contributed by atoms with Crippen LogP contribution in [0.1, 0.15) is 0 Å². The Morgan fingerprint density at radius 2 is 1.35 bits per heavy atom. The Hall–Kier alpha value is -0.0800. The van der Waals surface area contributed by atoms with Gasteiger partial charge in [0.1, 0.15) is 4.90 Å². The van der Waals surface area contributed by atoms with E-state index in [9.17, 15) is 16.8 Å². The molecule has 0 spiro atoms. The fourth-order valence-corrected chi connectivity index (χ4v) is 4.51. The molecule has 1 aromatic rings. The highest BCUT2D eigenvalue weighted by atomic mass is 35.5. The molecule has 1 rings (SSSR count). The lowest BCUT2D eigenvalue weighted by molar-refractivity contribution is 0.596. The summed E-state index contributed by atoms with van der Waals surface area (Å²) in [6, 6.07) is 0. The smallest absolute Gasteiger partial charge is 0.194 e. The summed E-state index contributed by atoms with van der Waals surface area (Å²) in [5.74, 6) is 0. The van der Waals surface area contributed by atoms with Gasteiger partial charge in [-0.15, -0.1) is 0 Å². The molecule has 0 aromatic carbocycles. The van der Waals surface area contributed by atoms with E-state index in [1.165, 1.54) is 0 Å². The number of hydrogen-bond donors (Lipinski definition) is 0. The van der Waals surface area contributed by atoms with Crippen LogP contribution in [0.2, 0.25) is 15.2 Å². The zero-order chi connectivity index (χ0) is 13.6. The van der Waals surface area contributed by atoms with Crippen LogP contribution in [0.5, 0.6) is 0 Å². The monoisotopic (exact) mass is 337 g/mol. The molecule has 0 aliphatic heterocycles. The van der Waals surface area contributed by atoms with Crippen LogP contribution in [-0.4, -0.2) is 34.3 Å². The number of pyridine rings is 1. The van der Waals surface area contributed by atoms with Crippen LogP contribution in [0.4, 0.5) is 0 Å². The Labute approximate surface area is 114 Å². The van der Waals surface area contributed by atoms with Crippen molar-refractivity contribution in [1.82, 2.24) is 4.98 Å². The van der Waals surface area contributed by atoms with Crippen molar-refractivity contribution in [2.45, 2.75) is 9.92 Å². The van der Waals surface area contributed by atoms with Crippen molar-refractivity contribution in [1.29, 1.82) is 0 Å². The van der Waals surface area contributed by atoms with Crippen molar-refractivity contribution in [2.75, 3.05) is 12.5 Å². The molecule has 0 unspecified atom stereocenters. The molecule has 96 valence electrons. The maximum atomic E-state index is 11.5. The Morgan fingerprint density at radius 1 is 0.882 bits per heavy atom. The molecule has 0 saturated heterocycles. The summed E-state index contributed by atoms with van der Waals surface area (Å²) in [5, 5.41) is -2.00. The highest BCUT2D eigenvalue weighted by molar-refractivity contribution is 7.91. The van der Waals surface area contributed by atoms with Gasteiger partial charge in [-0.2, -0.15) is 0 Å². The van der Waals surface area contributed by atoms with Crippen LogP contribution in [0.15, 0.2) is 9.92 Å². The Kier molecular flexibility index (Phi) is 4.01. The van der Waals surface area contributed by atoms with Crippen molar-refractivity contribution in [3.63, 3.8) is 0 Å². The quantitative estimate of drug-likeness (QED) is 0.769. The lowest BCUT2D eigenvalue weighted by Gasteiger charge is -2.09. The van der Waals surface area contributed by atoms with Crippen molar-refractivity contribution in [3.8, 4) is 0 Å². The first-order valence-electron chi connectivity index (χ1n) is 3.91. The zero-order valence-electron chi connectivity index (χ0n) is 8.53. The fourth-order valence-electron chi connectivity index (χ4n) is 1.05. The number of aromatic nitrogens is 1. The normalized spacial score (nSPS) is 12.8. The molecular formula is C7H6Cl3NO4S2. The van der Waals surface area contributed by atoms with Gasteiger partial charge in [0.2, 0.25) is 0 Å². The molecular weight excluding hydrogens is 333 g/mol. The molecule has 17 heavy (non-hydrogen) atoms. The van der Waals surface area contributed by atoms with Crippen molar-refractivity contribution >= 4 is 54.5 Å². The van der Waals surface area contributed by atoms with Gasteiger partial charge in [0.05, 0.1) is 10.0 Å². The van der Waals surface area contributed by atoms with E-state index in [4.69, 9.17) is 34.8 Å². The van der Waals surface area contributed by atoms with Gasteiger partial charge in [0.25, 0.3) is 0 Å². The largest absolute Gasteiger partial charge is 0.224 e. The molecule has 0 saturated carbocycles. The average molecular weight is 339 g/mol. The minimum Gasteiger partial charge on any atom is -0.224 e. The van der Waals surface area contributed by atoms with E-state index in [0.29, 0.717) is 0 Å². The van der Waals surface area contributed by atoms with Crippen LogP contribution in [0, 0.1) is 0 Å². The van der Waals surface area contributed by atoms with Gasteiger partial charge < -0.3 is 0 Å². The third-order valence-electron chi connectivity index (χ3n) is 1.69. The van der Waals surface area contributed by atoms with Gasteiger partial charge in [-0.3, -0.25) is 0 Å². The SMILES string of the molecule is CS(=O)(=O)c1nc(Cl)c(Cl)c(S(C)(=O)=O)c1Cl. The average Bonchev–Trinajstić information content (AvgIpc) is 2.07. The van der Waals surface area contributed by atoms with Gasteiger partial charge in [0, 0.05) is 12.5 Å². The first-order chi connectivity index (χ1) is 7.46. The molecule has 0 N–H and O–H groups in total. The third-order valence-corrected chi connectivity index (χ3v) is 5.28. The molecule has 0 atom stereocenters. The number of rotatable bonds is 2. The van der Waals surface area contributed by atoms with E-state index in [-0.39, 0.29) is 0 Å². The second kappa shape index (κ2) is 4.55. The van der Waals surface area contributed by atoms with Gasteiger partial charge in [-0.25, -0.2) is 21.8 Å². The standard InChI is InChI=1S/C7H6Cl3NO4S2/c1-16(12,13)5-3(8)6(10)11-7(4(5)9)17(2,14)15/h1-2H3. The Balaban J connectivity index is 3.93. The molecule has 0 aliphatic rings. The van der Waals surface area contributed by atoms with E-state index in [1.54, 1.807) is 0 Å². The second-order valence-electron chi connectivity index (χ2n) is 3.21. The minimum absolute atomic E-state index is 0.397. The molecule has 10 heteroatoms. The number of halogens is 3. The van der Waals surface area contributed by atoms with Crippen molar-refractivity contribution in [2.24, 2.45) is 0 Å². The predicted octanol–water partition coefficient (Wildman–Crippen LogP) is 1.85. The molecule has 0 bridgehead atoms. The summed E-state index contributed by atoms with van der Waals surface area (Å²) < 4.78 is 45.6. The van der Waals surface area contributed by atoms with Crippen LogP contribution in [0.25, 0.3) is 0 Å². The Bertz CT molecular complexity index is 682. The number of hydrogen-bond acceptors (Lipinski definition) is 5. The summed E-state index contributed by atoms with van der Waals surface area (Å²) >= 11 is 16.9. The summed E-state index contributed by atoms with van der Waals surface area (Å²) in [7, 11) is -7.63. The fraction of sp³-hybridized carbons (Fsp3) is 0.286. The van der Waals surface area contributed by atoms with E-state index < -0.39 is 44.8 Å². The molecule has 0 fully saturated rings. The van der Waals surface area contributed by atoms with E-state index in [1.807, 2.05) is 0 Å². The topological polar surface area (TPSA) is 81.2 Å². The highest BCUT2D eigenvalue weighted by Gasteiger charge is 2.27. The molecule has 0 amide bonds. The van der Waals surface area contributed by atoms with Crippen molar-refractivity contribution in [3.05, 3.63) is 15.2 Å². The zero-order valence-corrected chi connectivity index (χ0v) is 12.4. The van der Waals surface area contributed by atoms with Gasteiger partial charge in [-0.1, -0.05) is 34.8 Å². The van der Waals surface area contributed by atoms with Crippen LogP contribution >= 0.6 is 34.8 Å². The molecule has 0 aliphatic carbocycles. The minimum atomic E-state index is -3.82. The summed E-state index contributed by atoms with van der Waals surface area (Å²) in [6.45, 7) is 0. The maximum Gasteiger partial charge on any atom is 0.194 e. The van der Waals surface area contributed by atoms with Crippen LogP contribution in [0.3, 0.4) is 0 Å². The first-order valence-corrected chi connectivity index (χ1v) is 8.82. The maximum absolute atomic E-state index is 11.5. The summed E-state index contributed by atoms with van der Waals surface area (Å²) in [4.78, 5) is 2.93. The lowest BCUT2D eigenvalue weighted by atomic mass is 10.5. The molecule has 1 aromatic heterocycles. The lowest BCUT2D eigenvalue weighted by Crippen LogP contribution is -2.08. The van der Waals surface area contributed by atoms with E-state index in [0.717, 1.165) is 12.5 Å². The van der Waals surface area contributed by atoms with Gasteiger partial charge in [0.15, 0.2) is 29.9 Å². The number of nitrogens with zero attached hydrogens (tertiary/aromatic N) is 1. The predicted molar refractivity (Wildman–Crippen MR) is 65.5 cm³/mol. The second-order valence-corrected chi connectivity index (χ2v) is 8.21. The highest BCUT2D eigenvalue weighted by Crippen LogP contribution is 2.37. The summed E-state index contributed by atoms with van der Waals surface area (Å²) in [5.41, 5.74) is 0. The van der Waals surface area contributed by atoms with Gasteiger partial charge in [-0.05, 0) is 0 Å². The van der Waals surface area contributed by atoms with E-state index in [2.05, 4.69) is 4.98 Å². The molecule has 0 radical (unpaired) electrons.